The largest absolute Gasteiger partial charge is 0.494 e. The number of aryl methyl sites for hydroxylation is 1. The van der Waals surface area contributed by atoms with Gasteiger partial charge in [-0.2, -0.15) is 13.2 Å². The zero-order chi connectivity index (χ0) is 18.6. The molecule has 2 N–H and O–H groups in total. The molecule has 2 rings (SSSR count). The Labute approximate surface area is 139 Å². The molecule has 9 heteroatoms. The lowest BCUT2D eigenvalue weighted by Gasteiger charge is -2.09. The lowest BCUT2D eigenvalue weighted by molar-refractivity contribution is -0.137. The van der Waals surface area contributed by atoms with Crippen molar-refractivity contribution in [1.82, 2.24) is 4.98 Å². The summed E-state index contributed by atoms with van der Waals surface area (Å²) in [5, 5.41) is 2.13. The maximum absolute atomic E-state index is 13.6. The SMILES string of the molecule is COc1ccc(CCC(=O)Nc2cc(C(F)(F)F)c[nH]c2=O)cc1F. The van der Waals surface area contributed by atoms with Crippen molar-refractivity contribution in [2.45, 2.75) is 19.0 Å². The quantitative estimate of drug-likeness (QED) is 0.807. The van der Waals surface area contributed by atoms with Gasteiger partial charge in [0, 0.05) is 12.6 Å². The van der Waals surface area contributed by atoms with Crippen LogP contribution in [0.15, 0.2) is 35.3 Å². The van der Waals surface area contributed by atoms with E-state index < -0.39 is 34.7 Å². The fourth-order valence-electron chi connectivity index (χ4n) is 2.08. The number of aromatic amines is 1. The number of hydrogen-bond donors (Lipinski definition) is 2. The van der Waals surface area contributed by atoms with Gasteiger partial charge in [0.1, 0.15) is 5.69 Å². The van der Waals surface area contributed by atoms with E-state index in [-0.39, 0.29) is 18.6 Å². The van der Waals surface area contributed by atoms with Crippen LogP contribution < -0.4 is 15.6 Å². The maximum Gasteiger partial charge on any atom is 0.417 e. The van der Waals surface area contributed by atoms with Crippen molar-refractivity contribution in [2.24, 2.45) is 0 Å². The number of hydrogen-bond acceptors (Lipinski definition) is 3. The third-order valence-corrected chi connectivity index (χ3v) is 3.36. The number of pyridine rings is 1. The molecule has 5 nitrogen and oxygen atoms in total. The summed E-state index contributed by atoms with van der Waals surface area (Å²) in [6, 6.07) is 4.72. The minimum absolute atomic E-state index is 0.0590. The number of anilines is 1. The first-order valence-electron chi connectivity index (χ1n) is 7.13. The van der Waals surface area contributed by atoms with Crippen LogP contribution in [0.5, 0.6) is 5.75 Å². The molecule has 25 heavy (non-hydrogen) atoms. The zero-order valence-electron chi connectivity index (χ0n) is 13.0. The molecule has 0 unspecified atom stereocenters. The van der Waals surface area contributed by atoms with Crippen LogP contribution in [0.4, 0.5) is 23.2 Å². The Bertz CT molecular complexity index is 831. The molecular weight excluding hydrogens is 344 g/mol. The normalized spacial score (nSPS) is 11.2. The zero-order valence-corrected chi connectivity index (χ0v) is 13.0. The number of nitrogens with one attached hydrogen (secondary N) is 2. The first-order valence-corrected chi connectivity index (χ1v) is 7.13. The summed E-state index contributed by atoms with van der Waals surface area (Å²) < 4.78 is 56.2. The van der Waals surface area contributed by atoms with E-state index in [0.717, 1.165) is 0 Å². The molecule has 134 valence electrons. The van der Waals surface area contributed by atoms with E-state index in [1.807, 2.05) is 4.98 Å². The molecule has 1 aromatic heterocycles. The van der Waals surface area contributed by atoms with Crippen LogP contribution >= 0.6 is 0 Å². The summed E-state index contributed by atoms with van der Waals surface area (Å²) in [5.41, 5.74) is -1.93. The van der Waals surface area contributed by atoms with Crippen LogP contribution in [0.25, 0.3) is 0 Å². The molecule has 0 saturated heterocycles. The van der Waals surface area contributed by atoms with Crippen molar-refractivity contribution in [3.63, 3.8) is 0 Å². The van der Waals surface area contributed by atoms with Crippen LogP contribution in [-0.2, 0) is 17.4 Å². The Kier molecular flexibility index (Phi) is 5.45. The Morgan fingerprint density at radius 2 is 2.00 bits per heavy atom. The molecule has 0 aliphatic heterocycles. The van der Waals surface area contributed by atoms with E-state index in [9.17, 15) is 27.2 Å². The van der Waals surface area contributed by atoms with Crippen LogP contribution in [-0.4, -0.2) is 18.0 Å². The second-order valence-electron chi connectivity index (χ2n) is 5.15. The van der Waals surface area contributed by atoms with Crippen molar-refractivity contribution >= 4 is 11.6 Å². The van der Waals surface area contributed by atoms with E-state index in [0.29, 0.717) is 17.8 Å². The minimum atomic E-state index is -4.65. The number of carbonyl (C=O) groups excluding carboxylic acids is 1. The molecule has 0 aliphatic carbocycles. The topological polar surface area (TPSA) is 71.2 Å². The fraction of sp³-hybridized carbons (Fsp3) is 0.250. The van der Waals surface area contributed by atoms with Gasteiger partial charge in [0.2, 0.25) is 5.91 Å². The highest BCUT2D eigenvalue weighted by molar-refractivity contribution is 5.90. The van der Waals surface area contributed by atoms with Gasteiger partial charge in [-0.3, -0.25) is 9.59 Å². The number of aromatic nitrogens is 1. The Morgan fingerprint density at radius 3 is 2.60 bits per heavy atom. The number of H-pyrrole nitrogens is 1. The van der Waals surface area contributed by atoms with E-state index in [1.165, 1.54) is 19.2 Å². The summed E-state index contributed by atoms with van der Waals surface area (Å²) in [6.45, 7) is 0. The summed E-state index contributed by atoms with van der Waals surface area (Å²) in [5.74, 6) is -1.19. The monoisotopic (exact) mass is 358 g/mol. The fourth-order valence-corrected chi connectivity index (χ4v) is 2.08. The van der Waals surface area contributed by atoms with Gasteiger partial charge in [-0.25, -0.2) is 4.39 Å². The van der Waals surface area contributed by atoms with Crippen LogP contribution in [0.1, 0.15) is 17.5 Å². The van der Waals surface area contributed by atoms with E-state index in [4.69, 9.17) is 4.74 Å². The molecule has 1 aromatic carbocycles. The molecule has 0 radical (unpaired) electrons. The van der Waals surface area contributed by atoms with Gasteiger partial charge in [-0.1, -0.05) is 6.07 Å². The second kappa shape index (κ2) is 7.37. The van der Waals surface area contributed by atoms with E-state index in [1.54, 1.807) is 6.07 Å². The summed E-state index contributed by atoms with van der Waals surface area (Å²) in [4.78, 5) is 25.3. The third kappa shape index (κ3) is 4.82. The van der Waals surface area contributed by atoms with Gasteiger partial charge in [0.15, 0.2) is 11.6 Å². The summed E-state index contributed by atoms with van der Waals surface area (Å²) in [6.07, 6.45) is -4.12. The molecule has 0 bridgehead atoms. The Morgan fingerprint density at radius 1 is 1.28 bits per heavy atom. The number of rotatable bonds is 5. The Hall–Kier alpha value is -2.84. The minimum Gasteiger partial charge on any atom is -0.494 e. The molecule has 0 saturated carbocycles. The molecule has 1 amide bonds. The van der Waals surface area contributed by atoms with Gasteiger partial charge in [-0.05, 0) is 30.2 Å². The molecular formula is C16H14F4N2O3. The van der Waals surface area contributed by atoms with Crippen molar-refractivity contribution in [2.75, 3.05) is 12.4 Å². The Balaban J connectivity index is 2.03. The second-order valence-corrected chi connectivity index (χ2v) is 5.15. The van der Waals surface area contributed by atoms with Crippen LogP contribution in [0.3, 0.4) is 0 Å². The van der Waals surface area contributed by atoms with Crippen molar-refractivity contribution in [1.29, 1.82) is 0 Å². The average Bonchev–Trinajstić information content (AvgIpc) is 2.54. The van der Waals surface area contributed by atoms with Gasteiger partial charge >= 0.3 is 6.18 Å². The highest BCUT2D eigenvalue weighted by Gasteiger charge is 2.31. The molecule has 2 aromatic rings. The standard InChI is InChI=1S/C16H14F4N2O3/c1-25-13-4-2-9(6-11(13)17)3-5-14(23)22-12-7-10(16(18,19)20)8-21-15(12)24/h2,4,6-8H,3,5H2,1H3,(H,21,24)(H,22,23). The molecule has 0 aliphatic rings. The third-order valence-electron chi connectivity index (χ3n) is 3.36. The van der Waals surface area contributed by atoms with Gasteiger partial charge in [-0.15, -0.1) is 0 Å². The van der Waals surface area contributed by atoms with E-state index >= 15 is 0 Å². The van der Waals surface area contributed by atoms with Gasteiger partial charge in [0.25, 0.3) is 5.56 Å². The first kappa shape index (κ1) is 18.5. The maximum atomic E-state index is 13.6. The van der Waals surface area contributed by atoms with E-state index in [2.05, 4.69) is 5.32 Å². The van der Waals surface area contributed by atoms with Gasteiger partial charge in [0.05, 0.1) is 12.7 Å². The molecule has 0 atom stereocenters. The molecule has 1 heterocycles. The number of benzene rings is 1. The predicted octanol–water partition coefficient (Wildman–Crippen LogP) is 3.11. The van der Waals surface area contributed by atoms with Crippen LogP contribution in [0, 0.1) is 5.82 Å². The number of alkyl halides is 3. The number of ether oxygens (including phenoxy) is 1. The summed E-state index contributed by atoms with van der Waals surface area (Å²) in [7, 11) is 1.32. The highest BCUT2D eigenvalue weighted by atomic mass is 19.4. The summed E-state index contributed by atoms with van der Waals surface area (Å²) >= 11 is 0. The average molecular weight is 358 g/mol. The molecule has 0 spiro atoms. The van der Waals surface area contributed by atoms with Crippen molar-refractivity contribution < 1.29 is 27.1 Å². The predicted molar refractivity (Wildman–Crippen MR) is 82.0 cm³/mol. The van der Waals surface area contributed by atoms with Crippen LogP contribution in [0.2, 0.25) is 0 Å². The number of amides is 1. The first-order chi connectivity index (χ1) is 11.7. The van der Waals surface area contributed by atoms with Crippen molar-refractivity contribution in [3.05, 3.63) is 57.8 Å². The van der Waals surface area contributed by atoms with Crippen molar-refractivity contribution in [3.8, 4) is 5.75 Å². The smallest absolute Gasteiger partial charge is 0.417 e. The highest BCUT2D eigenvalue weighted by Crippen LogP contribution is 2.29. The molecule has 0 fully saturated rings. The number of halogens is 4. The number of carbonyl (C=O) groups is 1. The lowest BCUT2D eigenvalue weighted by Crippen LogP contribution is -2.21. The lowest BCUT2D eigenvalue weighted by atomic mass is 10.1. The van der Waals surface area contributed by atoms with Gasteiger partial charge < -0.3 is 15.0 Å². The number of methoxy groups -OCH3 is 1.